The molecule has 1 saturated carbocycles. The van der Waals surface area contributed by atoms with Gasteiger partial charge in [0.05, 0.1) is 24.8 Å². The summed E-state index contributed by atoms with van der Waals surface area (Å²) in [6.45, 7) is 0.132. The number of carbonyl (C=O) groups is 3. The van der Waals surface area contributed by atoms with Crippen molar-refractivity contribution >= 4 is 34.8 Å². The van der Waals surface area contributed by atoms with Crippen LogP contribution in [-0.2, 0) is 9.59 Å². The first kappa shape index (κ1) is 27.4. The molecule has 2 atom stereocenters. The van der Waals surface area contributed by atoms with Crippen LogP contribution < -0.4 is 4.74 Å². The molecule has 1 saturated heterocycles. The van der Waals surface area contributed by atoms with Gasteiger partial charge < -0.3 is 29.3 Å². The highest BCUT2D eigenvalue weighted by molar-refractivity contribution is 6.01. The van der Waals surface area contributed by atoms with Gasteiger partial charge in [0.25, 0.3) is 5.91 Å². The van der Waals surface area contributed by atoms with Crippen molar-refractivity contribution in [2.75, 3.05) is 6.54 Å². The number of carboxylic acid groups (broad SMARTS) is 2. The first-order valence-electron chi connectivity index (χ1n) is 14.3. The number of fused-ring (bicyclic) bond motifs is 1. The first-order valence-corrected chi connectivity index (χ1v) is 14.3. The number of H-pyrrole nitrogens is 1. The fraction of sp³-hybridized carbons (Fsp3) is 0.303. The number of ether oxygens (including phenoxy) is 1. The summed E-state index contributed by atoms with van der Waals surface area (Å²) in [6.07, 6.45) is 11.4. The van der Waals surface area contributed by atoms with E-state index >= 15 is 0 Å². The molecule has 2 aliphatic rings. The Hall–Kier alpha value is -4.79. The summed E-state index contributed by atoms with van der Waals surface area (Å²) in [6, 6.07) is 13.3. The molecule has 6 rings (SSSR count). The molecule has 2 aromatic carbocycles. The molecule has 3 heterocycles. The number of furan rings is 1. The second-order valence-electron chi connectivity index (χ2n) is 11.0. The summed E-state index contributed by atoms with van der Waals surface area (Å²) in [5.41, 5.74) is 5.19. The fourth-order valence-electron chi connectivity index (χ4n) is 6.33. The minimum Gasteiger partial charge on any atom is -0.488 e. The molecule has 3 N–H and O–H groups in total. The van der Waals surface area contributed by atoms with Crippen molar-refractivity contribution in [2.45, 2.75) is 56.6 Å². The summed E-state index contributed by atoms with van der Waals surface area (Å²) >= 11 is 0. The van der Waals surface area contributed by atoms with Gasteiger partial charge in [-0.05, 0) is 66.3 Å². The quantitative estimate of drug-likeness (QED) is 0.212. The lowest BCUT2D eigenvalue weighted by Crippen LogP contribution is -2.40. The summed E-state index contributed by atoms with van der Waals surface area (Å²) < 4.78 is 11.4. The van der Waals surface area contributed by atoms with Crippen LogP contribution in [0.5, 0.6) is 5.75 Å². The van der Waals surface area contributed by atoms with E-state index in [0.29, 0.717) is 22.8 Å². The van der Waals surface area contributed by atoms with Gasteiger partial charge in [-0.25, -0.2) is 9.59 Å². The van der Waals surface area contributed by atoms with Crippen LogP contribution in [0.4, 0.5) is 0 Å². The Morgan fingerprint density at radius 3 is 2.48 bits per heavy atom. The van der Waals surface area contributed by atoms with Gasteiger partial charge in [0.2, 0.25) is 0 Å². The zero-order valence-electron chi connectivity index (χ0n) is 23.0. The van der Waals surface area contributed by atoms with Crippen molar-refractivity contribution in [2.24, 2.45) is 0 Å². The van der Waals surface area contributed by atoms with Gasteiger partial charge in [0.1, 0.15) is 17.9 Å². The van der Waals surface area contributed by atoms with Crippen molar-refractivity contribution in [3.63, 3.8) is 0 Å². The van der Waals surface area contributed by atoms with Crippen LogP contribution in [0.3, 0.4) is 0 Å². The Kier molecular flexibility index (Phi) is 7.56. The summed E-state index contributed by atoms with van der Waals surface area (Å²) in [5, 5.41) is 19.8. The number of nitrogens with one attached hydrogen (secondary N) is 1. The number of nitrogens with zero attached hydrogens (tertiary/aromatic N) is 1. The van der Waals surface area contributed by atoms with Crippen molar-refractivity contribution in [3.8, 4) is 17.0 Å². The van der Waals surface area contributed by atoms with Gasteiger partial charge in [0, 0.05) is 34.5 Å². The van der Waals surface area contributed by atoms with Crippen LogP contribution >= 0.6 is 0 Å². The molecule has 42 heavy (non-hydrogen) atoms. The zero-order chi connectivity index (χ0) is 29.2. The largest absolute Gasteiger partial charge is 0.488 e. The smallest absolute Gasteiger partial charge is 0.328 e. The number of likely N-dealkylation sites (tertiary alicyclic amines) is 1. The van der Waals surface area contributed by atoms with Crippen LogP contribution in [0.2, 0.25) is 0 Å². The predicted octanol–water partition coefficient (Wildman–Crippen LogP) is 6.32. The van der Waals surface area contributed by atoms with Crippen molar-refractivity contribution < 1.29 is 33.8 Å². The molecular formula is C33H32N2O7. The van der Waals surface area contributed by atoms with E-state index in [1.54, 1.807) is 42.9 Å². The second-order valence-corrected chi connectivity index (χ2v) is 11.0. The number of aromatic nitrogens is 1. The van der Waals surface area contributed by atoms with E-state index in [-0.39, 0.29) is 18.9 Å². The molecular weight excluding hydrogens is 536 g/mol. The fourth-order valence-corrected chi connectivity index (χ4v) is 6.33. The molecule has 216 valence electrons. The van der Waals surface area contributed by atoms with E-state index in [2.05, 4.69) is 4.98 Å². The van der Waals surface area contributed by atoms with Crippen LogP contribution in [0.15, 0.2) is 71.6 Å². The predicted molar refractivity (Wildman–Crippen MR) is 156 cm³/mol. The van der Waals surface area contributed by atoms with Crippen molar-refractivity contribution in [3.05, 3.63) is 83.8 Å². The van der Waals surface area contributed by atoms with Crippen molar-refractivity contribution in [1.82, 2.24) is 9.88 Å². The van der Waals surface area contributed by atoms with Crippen LogP contribution in [-0.4, -0.2) is 56.6 Å². The van der Waals surface area contributed by atoms with Gasteiger partial charge >= 0.3 is 11.9 Å². The standard InChI is InChI=1S/C33H32N2O7/c36-29(37)13-8-20-6-10-24(11-7-20)42-25-17-28(33(39)40)35(18-25)32(38)22-9-12-26-27(16-22)34-31(23-14-15-41-19-23)30(26)21-4-2-1-3-5-21/h6-16,19,21,25,28,34H,1-5,17-18H2,(H,36,37)(H,39,40)/b13-8+/t25-,28?/m1/s1. The molecule has 1 aliphatic heterocycles. The average molecular weight is 569 g/mol. The van der Waals surface area contributed by atoms with E-state index in [1.165, 1.54) is 35.8 Å². The number of aromatic amines is 1. The number of hydrogen-bond acceptors (Lipinski definition) is 5. The number of aliphatic carboxylic acids is 2. The molecule has 9 nitrogen and oxygen atoms in total. The molecule has 4 aromatic rings. The lowest BCUT2D eigenvalue weighted by molar-refractivity contribution is -0.141. The highest BCUT2D eigenvalue weighted by atomic mass is 16.5. The minimum atomic E-state index is -1.08. The molecule has 0 radical (unpaired) electrons. The lowest BCUT2D eigenvalue weighted by atomic mass is 9.82. The molecule has 0 bridgehead atoms. The third-order valence-electron chi connectivity index (χ3n) is 8.32. The third kappa shape index (κ3) is 5.54. The lowest BCUT2D eigenvalue weighted by Gasteiger charge is -2.23. The van der Waals surface area contributed by atoms with E-state index < -0.39 is 24.1 Å². The molecule has 2 fully saturated rings. The van der Waals surface area contributed by atoms with Crippen LogP contribution in [0, 0.1) is 0 Å². The first-order chi connectivity index (χ1) is 20.4. The Labute approximate surface area is 242 Å². The normalized spacial score (nSPS) is 19.5. The molecule has 2 aromatic heterocycles. The van der Waals surface area contributed by atoms with E-state index in [9.17, 15) is 19.5 Å². The summed E-state index contributed by atoms with van der Waals surface area (Å²) in [7, 11) is 0. The Morgan fingerprint density at radius 2 is 1.79 bits per heavy atom. The van der Waals surface area contributed by atoms with Gasteiger partial charge in [-0.15, -0.1) is 0 Å². The number of hydrogen-bond donors (Lipinski definition) is 3. The Balaban J connectivity index is 1.24. The van der Waals surface area contributed by atoms with Gasteiger partial charge in [0.15, 0.2) is 0 Å². The van der Waals surface area contributed by atoms with Crippen molar-refractivity contribution in [1.29, 1.82) is 0 Å². The number of carbonyl (C=O) groups excluding carboxylic acids is 1. The van der Waals surface area contributed by atoms with Crippen LogP contribution in [0.25, 0.3) is 28.2 Å². The monoisotopic (exact) mass is 568 g/mol. The van der Waals surface area contributed by atoms with E-state index in [4.69, 9.17) is 14.3 Å². The minimum absolute atomic E-state index is 0.132. The number of benzene rings is 2. The maximum Gasteiger partial charge on any atom is 0.328 e. The Bertz CT molecular complexity index is 1630. The van der Waals surface area contributed by atoms with E-state index in [0.717, 1.165) is 41.1 Å². The molecule has 0 spiro atoms. The van der Waals surface area contributed by atoms with Gasteiger partial charge in [-0.2, -0.15) is 0 Å². The highest BCUT2D eigenvalue weighted by Crippen LogP contribution is 2.42. The third-order valence-corrected chi connectivity index (χ3v) is 8.32. The summed E-state index contributed by atoms with van der Waals surface area (Å²) in [5.74, 6) is -1.53. The average Bonchev–Trinajstić information content (AvgIpc) is 3.75. The van der Waals surface area contributed by atoms with Crippen LogP contribution in [0.1, 0.15) is 65.9 Å². The number of rotatable bonds is 8. The molecule has 1 amide bonds. The SMILES string of the molecule is O=C(O)/C=C/c1ccc(O[C@@H]2CC(C(=O)O)N(C(=O)c3ccc4c(C5CCCCC5)c(-c5ccoc5)[nH]c4c3)C2)cc1. The number of carboxylic acids is 2. The topological polar surface area (TPSA) is 133 Å². The zero-order valence-corrected chi connectivity index (χ0v) is 23.0. The van der Waals surface area contributed by atoms with Gasteiger partial charge in [-0.1, -0.05) is 37.5 Å². The van der Waals surface area contributed by atoms with Gasteiger partial charge in [-0.3, -0.25) is 4.79 Å². The maximum atomic E-state index is 13.7. The molecule has 1 unspecified atom stereocenters. The number of amides is 1. The second kappa shape index (κ2) is 11.6. The Morgan fingerprint density at radius 1 is 1.00 bits per heavy atom. The van der Waals surface area contributed by atoms with E-state index in [1.807, 2.05) is 18.2 Å². The maximum absolute atomic E-state index is 13.7. The molecule has 9 heteroatoms. The molecule has 1 aliphatic carbocycles. The highest BCUT2D eigenvalue weighted by Gasteiger charge is 2.41. The summed E-state index contributed by atoms with van der Waals surface area (Å²) in [4.78, 5) is 41.5.